The number of benzene rings is 2. The number of amides is 2. The van der Waals surface area contributed by atoms with E-state index in [1.807, 2.05) is 54.7 Å². The number of carbonyl (C=O) groups is 1. The summed E-state index contributed by atoms with van der Waals surface area (Å²) >= 11 is 6.13. The molecule has 0 bridgehead atoms. The number of halogens is 1. The summed E-state index contributed by atoms with van der Waals surface area (Å²) in [5, 5.41) is 4.58. The van der Waals surface area contributed by atoms with Crippen molar-refractivity contribution in [2.24, 2.45) is 0 Å². The Morgan fingerprint density at radius 2 is 2.00 bits per heavy atom. The number of urea groups is 1. The molecule has 5 heteroatoms. The summed E-state index contributed by atoms with van der Waals surface area (Å²) < 4.78 is 0. The van der Waals surface area contributed by atoms with Crippen LogP contribution in [0.15, 0.2) is 54.7 Å². The highest BCUT2D eigenvalue weighted by Crippen LogP contribution is 2.23. The second-order valence-corrected chi connectivity index (χ2v) is 5.53. The predicted octanol–water partition coefficient (Wildman–Crippen LogP) is 4.49. The summed E-state index contributed by atoms with van der Waals surface area (Å²) in [5.41, 5.74) is 2.70. The first-order valence-electron chi connectivity index (χ1n) is 6.97. The summed E-state index contributed by atoms with van der Waals surface area (Å²) in [7, 11) is 1.75. The molecule has 4 nitrogen and oxygen atoms in total. The van der Waals surface area contributed by atoms with Gasteiger partial charge in [-0.15, -0.1) is 0 Å². The van der Waals surface area contributed by atoms with Crippen molar-refractivity contribution in [2.75, 3.05) is 12.4 Å². The second-order valence-electron chi connectivity index (χ2n) is 5.12. The third-order valence-electron chi connectivity index (χ3n) is 3.55. The fraction of sp³-hybridized carbons (Fsp3) is 0.118. The highest BCUT2D eigenvalue weighted by Gasteiger charge is 2.12. The fourth-order valence-corrected chi connectivity index (χ4v) is 2.55. The highest BCUT2D eigenvalue weighted by molar-refractivity contribution is 6.31. The predicted molar refractivity (Wildman–Crippen MR) is 90.2 cm³/mol. The third-order valence-corrected chi connectivity index (χ3v) is 3.92. The number of fused-ring (bicyclic) bond motifs is 1. The SMILES string of the molecule is CN(Cc1ccccc1Cl)C(=O)Nc1cccc2[nH]ccc12. The molecule has 1 heterocycles. The van der Waals surface area contributed by atoms with Crippen LogP contribution in [-0.2, 0) is 6.54 Å². The lowest BCUT2D eigenvalue weighted by atomic mass is 10.2. The Balaban J connectivity index is 1.74. The molecule has 2 aromatic carbocycles. The number of H-pyrrole nitrogens is 1. The zero-order valence-electron chi connectivity index (χ0n) is 12.1. The Labute approximate surface area is 133 Å². The van der Waals surface area contributed by atoms with Crippen molar-refractivity contribution in [2.45, 2.75) is 6.54 Å². The summed E-state index contributed by atoms with van der Waals surface area (Å²) in [6, 6.07) is 15.1. The molecule has 0 aliphatic rings. The lowest BCUT2D eigenvalue weighted by molar-refractivity contribution is 0.221. The van der Waals surface area contributed by atoms with Crippen LogP contribution in [0.4, 0.5) is 10.5 Å². The van der Waals surface area contributed by atoms with E-state index in [1.54, 1.807) is 11.9 Å². The van der Waals surface area contributed by atoms with E-state index in [2.05, 4.69) is 10.3 Å². The number of nitrogens with zero attached hydrogens (tertiary/aromatic N) is 1. The minimum absolute atomic E-state index is 0.173. The maximum absolute atomic E-state index is 12.4. The smallest absolute Gasteiger partial charge is 0.321 e. The van der Waals surface area contributed by atoms with Crippen LogP contribution in [0.2, 0.25) is 5.02 Å². The van der Waals surface area contributed by atoms with Gasteiger partial charge < -0.3 is 15.2 Å². The van der Waals surface area contributed by atoms with Crippen LogP contribution in [0, 0.1) is 0 Å². The van der Waals surface area contributed by atoms with Crippen molar-refractivity contribution in [3.8, 4) is 0 Å². The van der Waals surface area contributed by atoms with E-state index in [4.69, 9.17) is 11.6 Å². The van der Waals surface area contributed by atoms with Gasteiger partial charge in [0.15, 0.2) is 0 Å². The molecule has 22 heavy (non-hydrogen) atoms. The minimum Gasteiger partial charge on any atom is -0.361 e. The van der Waals surface area contributed by atoms with Gasteiger partial charge in [-0.2, -0.15) is 0 Å². The van der Waals surface area contributed by atoms with E-state index >= 15 is 0 Å². The number of nitrogens with one attached hydrogen (secondary N) is 2. The van der Waals surface area contributed by atoms with E-state index in [-0.39, 0.29) is 6.03 Å². The van der Waals surface area contributed by atoms with Crippen molar-refractivity contribution in [3.05, 3.63) is 65.3 Å². The topological polar surface area (TPSA) is 48.1 Å². The largest absolute Gasteiger partial charge is 0.361 e. The van der Waals surface area contributed by atoms with Gasteiger partial charge in [0.05, 0.1) is 5.69 Å². The van der Waals surface area contributed by atoms with Gasteiger partial charge in [0.1, 0.15) is 0 Å². The summed E-state index contributed by atoms with van der Waals surface area (Å²) in [4.78, 5) is 17.1. The zero-order chi connectivity index (χ0) is 15.5. The van der Waals surface area contributed by atoms with Gasteiger partial charge in [-0.1, -0.05) is 35.9 Å². The van der Waals surface area contributed by atoms with Crippen LogP contribution in [-0.4, -0.2) is 23.0 Å². The molecular weight excluding hydrogens is 298 g/mol. The minimum atomic E-state index is -0.173. The molecule has 0 spiro atoms. The van der Waals surface area contributed by atoms with Crippen molar-refractivity contribution in [1.29, 1.82) is 0 Å². The van der Waals surface area contributed by atoms with Gasteiger partial charge in [0.25, 0.3) is 0 Å². The number of aromatic nitrogens is 1. The lowest BCUT2D eigenvalue weighted by Crippen LogP contribution is -2.30. The van der Waals surface area contributed by atoms with Gasteiger partial charge in [-0.25, -0.2) is 4.79 Å². The molecule has 2 amide bonds. The molecule has 112 valence electrons. The van der Waals surface area contributed by atoms with Gasteiger partial charge in [-0.3, -0.25) is 0 Å². The Kier molecular flexibility index (Phi) is 4.02. The average Bonchev–Trinajstić information content (AvgIpc) is 2.99. The molecule has 0 saturated carbocycles. The van der Waals surface area contributed by atoms with E-state index in [0.717, 1.165) is 22.2 Å². The number of hydrogen-bond acceptors (Lipinski definition) is 1. The van der Waals surface area contributed by atoms with Gasteiger partial charge >= 0.3 is 6.03 Å². The molecule has 0 aliphatic heterocycles. The summed E-state index contributed by atoms with van der Waals surface area (Å²) in [5.74, 6) is 0. The molecule has 0 radical (unpaired) electrons. The van der Waals surface area contributed by atoms with Crippen molar-refractivity contribution in [1.82, 2.24) is 9.88 Å². The molecule has 0 fully saturated rings. The Bertz CT molecular complexity index is 812. The number of hydrogen-bond donors (Lipinski definition) is 2. The summed E-state index contributed by atoms with van der Waals surface area (Å²) in [6.45, 7) is 0.453. The lowest BCUT2D eigenvalue weighted by Gasteiger charge is -2.19. The van der Waals surface area contributed by atoms with Gasteiger partial charge in [-0.05, 0) is 29.8 Å². The van der Waals surface area contributed by atoms with Crippen LogP contribution in [0.3, 0.4) is 0 Å². The standard InChI is InChI=1S/C17H16ClN3O/c1-21(11-12-5-2-3-6-14(12)18)17(22)20-16-8-4-7-15-13(16)9-10-19-15/h2-10,19H,11H2,1H3,(H,20,22). The number of rotatable bonds is 3. The molecule has 0 atom stereocenters. The van der Waals surface area contributed by atoms with E-state index in [1.165, 1.54) is 0 Å². The quantitative estimate of drug-likeness (QED) is 0.735. The first-order valence-corrected chi connectivity index (χ1v) is 7.34. The Morgan fingerprint density at radius 3 is 2.82 bits per heavy atom. The van der Waals surface area contributed by atoms with Crippen LogP contribution in [0.1, 0.15) is 5.56 Å². The Hall–Kier alpha value is -2.46. The third kappa shape index (κ3) is 2.92. The molecule has 0 aliphatic carbocycles. The molecule has 3 rings (SSSR count). The maximum atomic E-state index is 12.4. The Morgan fingerprint density at radius 1 is 1.18 bits per heavy atom. The normalized spacial score (nSPS) is 10.6. The molecular formula is C17H16ClN3O. The molecule has 0 saturated heterocycles. The first kappa shape index (κ1) is 14.5. The van der Waals surface area contributed by atoms with E-state index in [9.17, 15) is 4.79 Å². The molecule has 1 aromatic heterocycles. The van der Waals surface area contributed by atoms with Crippen molar-refractivity contribution in [3.63, 3.8) is 0 Å². The van der Waals surface area contributed by atoms with Crippen LogP contribution in [0.5, 0.6) is 0 Å². The van der Waals surface area contributed by atoms with Crippen LogP contribution in [0.25, 0.3) is 10.9 Å². The zero-order valence-corrected chi connectivity index (χ0v) is 12.9. The highest BCUT2D eigenvalue weighted by atomic mass is 35.5. The van der Waals surface area contributed by atoms with Gasteiger partial charge in [0, 0.05) is 35.7 Å². The number of carbonyl (C=O) groups excluding carboxylic acids is 1. The monoisotopic (exact) mass is 313 g/mol. The van der Waals surface area contributed by atoms with E-state index in [0.29, 0.717) is 11.6 Å². The average molecular weight is 314 g/mol. The summed E-state index contributed by atoms with van der Waals surface area (Å²) in [6.07, 6.45) is 1.85. The maximum Gasteiger partial charge on any atom is 0.321 e. The van der Waals surface area contributed by atoms with Crippen molar-refractivity contribution >= 4 is 34.2 Å². The van der Waals surface area contributed by atoms with Gasteiger partial charge in [0.2, 0.25) is 0 Å². The van der Waals surface area contributed by atoms with Crippen LogP contribution < -0.4 is 5.32 Å². The van der Waals surface area contributed by atoms with E-state index < -0.39 is 0 Å². The molecule has 3 aromatic rings. The molecule has 0 unspecified atom stereocenters. The second kappa shape index (κ2) is 6.12. The van der Waals surface area contributed by atoms with Crippen LogP contribution >= 0.6 is 11.6 Å². The first-order chi connectivity index (χ1) is 10.6. The molecule has 2 N–H and O–H groups in total. The number of anilines is 1. The van der Waals surface area contributed by atoms with Crippen molar-refractivity contribution < 1.29 is 4.79 Å². The number of aromatic amines is 1. The fourth-order valence-electron chi connectivity index (χ4n) is 2.36.